The van der Waals surface area contributed by atoms with Gasteiger partial charge in [-0.2, -0.15) is 13.2 Å². The number of hydrogen-bond donors (Lipinski definition) is 1. The number of nitrogens with one attached hydrogen (secondary N) is 1. The molecule has 1 N–H and O–H groups in total. The highest BCUT2D eigenvalue weighted by molar-refractivity contribution is 5.78. The molecule has 15 heavy (non-hydrogen) atoms. The van der Waals surface area contributed by atoms with E-state index in [2.05, 4.69) is 5.32 Å². The number of hydrogen-bond acceptors (Lipinski definition) is 2. The van der Waals surface area contributed by atoms with Crippen LogP contribution >= 0.6 is 0 Å². The number of alkyl halides is 3. The first kappa shape index (κ1) is 12.3. The molecule has 1 heterocycles. The average molecular weight is 224 g/mol. The van der Waals surface area contributed by atoms with Crippen LogP contribution in [0.15, 0.2) is 0 Å². The van der Waals surface area contributed by atoms with Gasteiger partial charge in [0.2, 0.25) is 5.91 Å². The Hall–Kier alpha value is -0.780. The lowest BCUT2D eigenvalue weighted by molar-refractivity contribution is -0.147. The summed E-state index contributed by atoms with van der Waals surface area (Å²) < 4.78 is 36.4. The Morgan fingerprint density at radius 3 is 2.80 bits per heavy atom. The van der Waals surface area contributed by atoms with Crippen LogP contribution in [0.1, 0.15) is 19.8 Å². The van der Waals surface area contributed by atoms with Gasteiger partial charge in [0.15, 0.2) is 0 Å². The van der Waals surface area contributed by atoms with Crippen molar-refractivity contribution >= 4 is 5.91 Å². The number of amides is 1. The Morgan fingerprint density at radius 1 is 1.53 bits per heavy atom. The van der Waals surface area contributed by atoms with Gasteiger partial charge in [-0.15, -0.1) is 0 Å². The minimum absolute atomic E-state index is 0.0667. The maximum Gasteiger partial charge on any atom is 0.390 e. The van der Waals surface area contributed by atoms with Crippen molar-refractivity contribution in [3.05, 3.63) is 0 Å². The van der Waals surface area contributed by atoms with Crippen LogP contribution in [0.2, 0.25) is 0 Å². The van der Waals surface area contributed by atoms with Gasteiger partial charge >= 0.3 is 6.18 Å². The first-order valence-corrected chi connectivity index (χ1v) is 4.96. The van der Waals surface area contributed by atoms with Gasteiger partial charge in [0.1, 0.15) is 0 Å². The zero-order valence-corrected chi connectivity index (χ0v) is 8.60. The molecular weight excluding hydrogens is 209 g/mol. The average Bonchev–Trinajstić information content (AvgIpc) is 2.26. The highest BCUT2D eigenvalue weighted by Crippen LogP contribution is 2.24. The van der Waals surface area contributed by atoms with Crippen molar-refractivity contribution in [3.8, 4) is 0 Å². The number of rotatable bonds is 2. The van der Waals surface area contributed by atoms with E-state index in [0.717, 1.165) is 0 Å². The number of carbonyl (C=O) groups excluding carboxylic acids is 1. The quantitative estimate of drug-likeness (QED) is 0.763. The van der Waals surface area contributed by atoms with Crippen molar-refractivity contribution in [2.75, 3.05) is 19.6 Å². The molecule has 0 aliphatic carbocycles. The molecule has 1 saturated heterocycles. The second kappa shape index (κ2) is 4.83. The van der Waals surface area contributed by atoms with E-state index in [1.165, 1.54) is 6.92 Å². The number of carbonyl (C=O) groups is 1. The Morgan fingerprint density at radius 2 is 2.20 bits per heavy atom. The van der Waals surface area contributed by atoms with E-state index in [0.29, 0.717) is 19.5 Å². The second-order valence-corrected chi connectivity index (χ2v) is 3.84. The Kier molecular flexibility index (Phi) is 3.96. The molecule has 1 fully saturated rings. The normalized spacial score (nSPS) is 22.0. The molecule has 88 valence electrons. The topological polar surface area (TPSA) is 32.3 Å². The number of halogens is 3. The molecule has 0 saturated carbocycles. The van der Waals surface area contributed by atoms with Crippen LogP contribution in [-0.2, 0) is 4.79 Å². The third-order valence-corrected chi connectivity index (χ3v) is 2.44. The predicted octanol–water partition coefficient (Wildman–Crippen LogP) is 1.15. The molecule has 6 heteroatoms. The summed E-state index contributed by atoms with van der Waals surface area (Å²) in [5.41, 5.74) is 0. The molecule has 0 aromatic rings. The molecule has 0 aromatic heterocycles. The van der Waals surface area contributed by atoms with E-state index in [4.69, 9.17) is 0 Å². The fourth-order valence-corrected chi connectivity index (χ4v) is 1.67. The molecule has 0 spiro atoms. The van der Waals surface area contributed by atoms with Gasteiger partial charge in [0.05, 0.1) is 13.0 Å². The number of nitrogens with zero attached hydrogens (tertiary/aromatic N) is 1. The highest BCUT2D eigenvalue weighted by Gasteiger charge is 2.33. The van der Waals surface area contributed by atoms with Crippen LogP contribution in [-0.4, -0.2) is 42.7 Å². The lowest BCUT2D eigenvalue weighted by Crippen LogP contribution is -2.40. The van der Waals surface area contributed by atoms with Crippen LogP contribution in [0.25, 0.3) is 0 Å². The molecule has 0 bridgehead atoms. The first-order valence-electron chi connectivity index (χ1n) is 4.96. The molecule has 1 aliphatic heterocycles. The van der Waals surface area contributed by atoms with Crippen molar-refractivity contribution in [1.29, 1.82) is 0 Å². The van der Waals surface area contributed by atoms with E-state index in [1.807, 2.05) is 0 Å². The van der Waals surface area contributed by atoms with E-state index >= 15 is 0 Å². The third kappa shape index (κ3) is 4.51. The fourth-order valence-electron chi connectivity index (χ4n) is 1.67. The molecule has 0 radical (unpaired) electrons. The Balaban J connectivity index is 2.50. The van der Waals surface area contributed by atoms with Crippen molar-refractivity contribution < 1.29 is 18.0 Å². The van der Waals surface area contributed by atoms with Gasteiger partial charge in [-0.25, -0.2) is 0 Å². The molecule has 1 rings (SSSR count). The van der Waals surface area contributed by atoms with Crippen LogP contribution in [0, 0.1) is 0 Å². The van der Waals surface area contributed by atoms with Crippen molar-refractivity contribution in [3.63, 3.8) is 0 Å². The van der Waals surface area contributed by atoms with Gasteiger partial charge in [-0.1, -0.05) is 0 Å². The molecule has 0 unspecified atom stereocenters. The molecule has 1 atom stereocenters. The minimum Gasteiger partial charge on any atom is -0.355 e. The van der Waals surface area contributed by atoms with Gasteiger partial charge < -0.3 is 5.32 Å². The summed E-state index contributed by atoms with van der Waals surface area (Å²) in [5, 5.41) is 2.63. The van der Waals surface area contributed by atoms with Crippen molar-refractivity contribution in [1.82, 2.24) is 10.2 Å². The van der Waals surface area contributed by atoms with Crippen LogP contribution < -0.4 is 5.32 Å². The zero-order chi connectivity index (χ0) is 11.5. The maximum atomic E-state index is 12.1. The van der Waals surface area contributed by atoms with Gasteiger partial charge in [-0.3, -0.25) is 9.69 Å². The standard InChI is InChI=1S/C9H15F3N2O/c1-7(5-9(10,11)12)14-4-2-3-13-8(15)6-14/h7H,2-6H2,1H3,(H,13,15)/t7-/m0/s1. The molecule has 1 aliphatic rings. The molecular formula is C9H15F3N2O. The summed E-state index contributed by atoms with van der Waals surface area (Å²) in [7, 11) is 0. The molecule has 0 aromatic carbocycles. The fraction of sp³-hybridized carbons (Fsp3) is 0.889. The van der Waals surface area contributed by atoms with E-state index in [9.17, 15) is 18.0 Å². The third-order valence-electron chi connectivity index (χ3n) is 2.44. The summed E-state index contributed by atoms with van der Waals surface area (Å²) in [5.74, 6) is -0.193. The summed E-state index contributed by atoms with van der Waals surface area (Å²) >= 11 is 0. The van der Waals surface area contributed by atoms with Gasteiger partial charge in [0.25, 0.3) is 0 Å². The van der Waals surface area contributed by atoms with Crippen LogP contribution in [0.5, 0.6) is 0 Å². The van der Waals surface area contributed by atoms with Crippen LogP contribution in [0.3, 0.4) is 0 Å². The first-order chi connectivity index (χ1) is 6.88. The maximum absolute atomic E-state index is 12.1. The van der Waals surface area contributed by atoms with E-state index in [-0.39, 0.29) is 12.5 Å². The van der Waals surface area contributed by atoms with Crippen molar-refractivity contribution in [2.24, 2.45) is 0 Å². The Bertz CT molecular complexity index is 230. The monoisotopic (exact) mass is 224 g/mol. The lowest BCUT2D eigenvalue weighted by atomic mass is 10.2. The zero-order valence-electron chi connectivity index (χ0n) is 8.60. The summed E-state index contributed by atoms with van der Waals surface area (Å²) in [4.78, 5) is 12.7. The largest absolute Gasteiger partial charge is 0.390 e. The van der Waals surface area contributed by atoms with E-state index < -0.39 is 18.6 Å². The highest BCUT2D eigenvalue weighted by atomic mass is 19.4. The second-order valence-electron chi connectivity index (χ2n) is 3.84. The Labute approximate surface area is 86.6 Å². The van der Waals surface area contributed by atoms with Gasteiger partial charge in [-0.05, 0) is 13.3 Å². The van der Waals surface area contributed by atoms with Crippen molar-refractivity contribution in [2.45, 2.75) is 32.0 Å². The van der Waals surface area contributed by atoms with E-state index in [1.54, 1.807) is 4.90 Å². The summed E-state index contributed by atoms with van der Waals surface area (Å²) in [6.45, 7) is 2.66. The molecule has 3 nitrogen and oxygen atoms in total. The van der Waals surface area contributed by atoms with Gasteiger partial charge in [0, 0.05) is 19.1 Å². The lowest BCUT2D eigenvalue weighted by Gasteiger charge is -2.27. The summed E-state index contributed by atoms with van der Waals surface area (Å²) in [6, 6.07) is -0.631. The minimum atomic E-state index is -4.16. The summed E-state index contributed by atoms with van der Waals surface area (Å²) in [6.07, 6.45) is -4.32. The predicted molar refractivity (Wildman–Crippen MR) is 49.3 cm³/mol. The SMILES string of the molecule is C[C@@H](CC(F)(F)F)N1CCCNC(=O)C1. The molecule has 1 amide bonds. The van der Waals surface area contributed by atoms with Crippen LogP contribution in [0.4, 0.5) is 13.2 Å². The smallest absolute Gasteiger partial charge is 0.355 e.